The quantitative estimate of drug-likeness (QED) is 0.398. The molecule has 1 heteroatoms. The van der Waals surface area contributed by atoms with Gasteiger partial charge in [0, 0.05) is 21.7 Å². The van der Waals surface area contributed by atoms with Crippen molar-refractivity contribution in [3.8, 4) is 0 Å². The molecule has 0 aromatic rings. The third-order valence-corrected chi connectivity index (χ3v) is 2.68. The molecule has 0 amide bonds. The molecule has 2 rings (SSSR count). The first-order valence-electron chi connectivity index (χ1n) is 4.02. The Balaban J connectivity index is 0.000000605. The van der Waals surface area contributed by atoms with Crippen molar-refractivity contribution in [1.29, 1.82) is 0 Å². The summed E-state index contributed by atoms with van der Waals surface area (Å²) in [6, 6.07) is 0. The van der Waals surface area contributed by atoms with E-state index in [-0.39, 0.29) is 21.7 Å². The molecule has 3 atom stereocenters. The van der Waals surface area contributed by atoms with Gasteiger partial charge in [0.15, 0.2) is 0 Å². The molecule has 0 radical (unpaired) electrons. The molecule has 1 fully saturated rings. The van der Waals surface area contributed by atoms with Crippen LogP contribution in [0.1, 0.15) is 13.8 Å². The molecule has 3 unspecified atom stereocenters. The number of hydrogen-bond acceptors (Lipinski definition) is 0. The molecule has 0 spiro atoms. The normalized spacial score (nSPS) is 39.8. The van der Waals surface area contributed by atoms with E-state index in [2.05, 4.69) is 38.5 Å². The molecule has 58 valence electrons. The van der Waals surface area contributed by atoms with Crippen LogP contribution in [-0.2, 0) is 21.7 Å². The van der Waals surface area contributed by atoms with Gasteiger partial charge in [-0.15, -0.1) is 5.92 Å². The Morgan fingerprint density at radius 3 is 2.73 bits per heavy atom. The van der Waals surface area contributed by atoms with Crippen molar-refractivity contribution in [2.75, 3.05) is 0 Å². The largest absolute Gasteiger partial charge is 0.318 e. The van der Waals surface area contributed by atoms with Crippen LogP contribution in [0.3, 0.4) is 0 Å². The Hall–Kier alpha value is 0.194. The third-order valence-electron chi connectivity index (χ3n) is 2.68. The maximum Gasteiger partial charge on any atom is 0 e. The van der Waals surface area contributed by atoms with Gasteiger partial charge in [-0.25, -0.2) is 0 Å². The summed E-state index contributed by atoms with van der Waals surface area (Å²) in [4.78, 5) is 0. The van der Waals surface area contributed by atoms with E-state index in [1.807, 2.05) is 0 Å². The summed E-state index contributed by atoms with van der Waals surface area (Å²) >= 11 is 0. The SMILES string of the molecule is CC1[CH-]C(C)C2C=CC=C12.[Ti]. The van der Waals surface area contributed by atoms with Crippen LogP contribution < -0.4 is 0 Å². The van der Waals surface area contributed by atoms with E-state index in [0.29, 0.717) is 0 Å². The summed E-state index contributed by atoms with van der Waals surface area (Å²) < 4.78 is 0. The van der Waals surface area contributed by atoms with Crippen LogP contribution >= 0.6 is 0 Å². The van der Waals surface area contributed by atoms with Crippen molar-refractivity contribution in [2.24, 2.45) is 17.8 Å². The van der Waals surface area contributed by atoms with Crippen molar-refractivity contribution in [3.63, 3.8) is 0 Å². The van der Waals surface area contributed by atoms with Gasteiger partial charge in [-0.3, -0.25) is 0 Å². The molecule has 0 N–H and O–H groups in total. The summed E-state index contributed by atoms with van der Waals surface area (Å²) in [6.45, 7) is 4.59. The van der Waals surface area contributed by atoms with Crippen LogP contribution in [0.25, 0.3) is 0 Å². The predicted molar refractivity (Wildman–Crippen MR) is 43.3 cm³/mol. The van der Waals surface area contributed by atoms with Gasteiger partial charge in [0.25, 0.3) is 0 Å². The molecule has 0 nitrogen and oxygen atoms in total. The van der Waals surface area contributed by atoms with Crippen LogP contribution in [0.2, 0.25) is 0 Å². The first-order chi connectivity index (χ1) is 4.79. The van der Waals surface area contributed by atoms with Gasteiger partial charge >= 0.3 is 0 Å². The molecule has 0 aromatic carbocycles. The minimum absolute atomic E-state index is 0. The van der Waals surface area contributed by atoms with E-state index in [0.717, 1.165) is 17.8 Å². The van der Waals surface area contributed by atoms with E-state index in [1.165, 1.54) is 0 Å². The van der Waals surface area contributed by atoms with E-state index >= 15 is 0 Å². The zero-order valence-electron chi connectivity index (χ0n) is 7.04. The van der Waals surface area contributed by atoms with Gasteiger partial charge < -0.3 is 6.42 Å². The zero-order valence-corrected chi connectivity index (χ0v) is 8.60. The molecule has 0 aromatic heterocycles. The van der Waals surface area contributed by atoms with Crippen molar-refractivity contribution in [3.05, 3.63) is 30.2 Å². The van der Waals surface area contributed by atoms with Gasteiger partial charge in [0.1, 0.15) is 0 Å². The second-order valence-electron chi connectivity index (χ2n) is 3.42. The van der Waals surface area contributed by atoms with Gasteiger partial charge in [-0.2, -0.15) is 5.92 Å². The molecular weight excluding hydrogens is 168 g/mol. The third kappa shape index (κ3) is 1.39. The summed E-state index contributed by atoms with van der Waals surface area (Å²) in [5.41, 5.74) is 1.62. The number of hydrogen-bond donors (Lipinski definition) is 0. The Bertz CT molecular complexity index is 203. The molecule has 1 saturated carbocycles. The van der Waals surface area contributed by atoms with E-state index in [1.54, 1.807) is 5.57 Å². The van der Waals surface area contributed by atoms with Gasteiger partial charge in [-0.05, 0) is 5.92 Å². The summed E-state index contributed by atoms with van der Waals surface area (Å²) in [7, 11) is 0. The smallest absolute Gasteiger partial charge is 0 e. The summed E-state index contributed by atoms with van der Waals surface area (Å²) in [6.07, 6.45) is 9.23. The van der Waals surface area contributed by atoms with Crippen LogP contribution in [0.15, 0.2) is 23.8 Å². The minimum atomic E-state index is 0. The average molecular weight is 181 g/mol. The zero-order chi connectivity index (χ0) is 7.14. The van der Waals surface area contributed by atoms with Crippen LogP contribution in [0, 0.1) is 24.2 Å². The van der Waals surface area contributed by atoms with Gasteiger partial charge in [0.2, 0.25) is 0 Å². The Kier molecular flexibility index (Phi) is 2.77. The molecule has 11 heavy (non-hydrogen) atoms. The molecule has 0 bridgehead atoms. The van der Waals surface area contributed by atoms with Crippen LogP contribution in [-0.4, -0.2) is 0 Å². The fourth-order valence-corrected chi connectivity index (χ4v) is 2.13. The molecule has 2 aliphatic carbocycles. The Labute approximate surface area is 83.6 Å². The van der Waals surface area contributed by atoms with Crippen molar-refractivity contribution >= 4 is 0 Å². The Morgan fingerprint density at radius 2 is 2.09 bits per heavy atom. The maximum atomic E-state index is 2.44. The average Bonchev–Trinajstić information content (AvgIpc) is 2.39. The Morgan fingerprint density at radius 1 is 1.36 bits per heavy atom. The van der Waals surface area contributed by atoms with Crippen molar-refractivity contribution < 1.29 is 21.7 Å². The van der Waals surface area contributed by atoms with Crippen LogP contribution in [0.5, 0.6) is 0 Å². The topological polar surface area (TPSA) is 0 Å². The standard InChI is InChI=1S/C10H13.Ti/c1-7-6-8(2)10-5-3-4-9(7)10;/h3-9H,1-2H3;/q-1;. The predicted octanol–water partition coefficient (Wildman–Crippen LogP) is 2.59. The van der Waals surface area contributed by atoms with E-state index in [9.17, 15) is 0 Å². The second-order valence-corrected chi connectivity index (χ2v) is 3.42. The monoisotopic (exact) mass is 181 g/mol. The molecule has 2 aliphatic rings. The molecule has 0 heterocycles. The van der Waals surface area contributed by atoms with Crippen molar-refractivity contribution in [2.45, 2.75) is 13.8 Å². The summed E-state index contributed by atoms with van der Waals surface area (Å²) in [5, 5.41) is 0. The maximum absolute atomic E-state index is 2.44. The van der Waals surface area contributed by atoms with Crippen molar-refractivity contribution in [1.82, 2.24) is 0 Å². The van der Waals surface area contributed by atoms with Gasteiger partial charge in [-0.1, -0.05) is 37.6 Å². The molecule has 0 aliphatic heterocycles. The number of allylic oxidation sites excluding steroid dienone is 4. The minimum Gasteiger partial charge on any atom is -0.318 e. The van der Waals surface area contributed by atoms with E-state index in [4.69, 9.17) is 0 Å². The fraction of sp³-hybridized carbons (Fsp3) is 0.500. The number of rotatable bonds is 0. The summed E-state index contributed by atoms with van der Waals surface area (Å²) in [5.74, 6) is 2.23. The molecular formula is C10H13Ti-. The number of fused-ring (bicyclic) bond motifs is 1. The van der Waals surface area contributed by atoms with Crippen LogP contribution in [0.4, 0.5) is 0 Å². The fourth-order valence-electron chi connectivity index (χ4n) is 2.13. The first-order valence-corrected chi connectivity index (χ1v) is 4.02. The van der Waals surface area contributed by atoms with Gasteiger partial charge in [0.05, 0.1) is 0 Å². The second kappa shape index (κ2) is 3.29. The molecule has 0 saturated heterocycles. The van der Waals surface area contributed by atoms with E-state index < -0.39 is 0 Å². The first kappa shape index (κ1) is 9.28.